The van der Waals surface area contributed by atoms with Gasteiger partial charge in [-0.05, 0) is 36.8 Å². The molecular weight excluding hydrogens is 316 g/mol. The Balaban J connectivity index is 0.00000134. The Bertz CT molecular complexity index is 618. The number of hydrogen-bond donors (Lipinski definition) is 0. The fourth-order valence-electron chi connectivity index (χ4n) is 1.93. The first-order chi connectivity index (χ1) is 12.1. The fourth-order valence-corrected chi connectivity index (χ4v) is 1.93. The first kappa shape index (κ1) is 22.5. The van der Waals surface area contributed by atoms with Crippen molar-refractivity contribution in [3.05, 3.63) is 59.2 Å². The Morgan fingerprint density at radius 2 is 1.48 bits per heavy atom. The van der Waals surface area contributed by atoms with Gasteiger partial charge in [0.25, 0.3) is 0 Å². The van der Waals surface area contributed by atoms with Gasteiger partial charge in [-0.2, -0.15) is 0 Å². The molecule has 2 aromatic carbocycles. The molecule has 138 valence electrons. The van der Waals surface area contributed by atoms with Crippen LogP contribution in [0.4, 0.5) is 0 Å². The molecule has 0 fully saturated rings. The number of hydrogen-bond acceptors (Lipinski definition) is 4. The third kappa shape index (κ3) is 7.29. The van der Waals surface area contributed by atoms with Crippen molar-refractivity contribution >= 4 is 5.97 Å². The summed E-state index contributed by atoms with van der Waals surface area (Å²) < 4.78 is 15.6. The van der Waals surface area contributed by atoms with Crippen LogP contribution >= 0.6 is 0 Å². The molecule has 25 heavy (non-hydrogen) atoms. The Kier molecular flexibility index (Phi) is 11.6. The van der Waals surface area contributed by atoms with Gasteiger partial charge in [-0.1, -0.05) is 51.5 Å². The lowest BCUT2D eigenvalue weighted by molar-refractivity contribution is 0.0469. The van der Waals surface area contributed by atoms with E-state index in [1.165, 1.54) is 7.11 Å². The predicted octanol–water partition coefficient (Wildman–Crippen LogP) is 5.42. The molecule has 2 aromatic rings. The minimum absolute atomic E-state index is 0.208. The SMILES string of the molecule is CC.CC.COc1ccc(COC(=O)c2cc(C)ccc2OC)cc1. The Labute approximate surface area is 151 Å². The molecule has 4 heteroatoms. The lowest BCUT2D eigenvalue weighted by atomic mass is 10.1. The van der Waals surface area contributed by atoms with Gasteiger partial charge in [-0.25, -0.2) is 4.79 Å². The standard InChI is InChI=1S/C17H18O4.2C2H6/c1-12-4-9-16(20-3)15(10-12)17(18)21-11-13-5-7-14(19-2)8-6-13;2*1-2/h4-10H,11H2,1-3H3;2*1-2H3. The molecule has 0 aliphatic heterocycles. The summed E-state index contributed by atoms with van der Waals surface area (Å²) in [6, 6.07) is 12.8. The maximum Gasteiger partial charge on any atom is 0.342 e. The van der Waals surface area contributed by atoms with Gasteiger partial charge < -0.3 is 14.2 Å². The van der Waals surface area contributed by atoms with Gasteiger partial charge in [0.05, 0.1) is 14.2 Å². The summed E-state index contributed by atoms with van der Waals surface area (Å²) in [5.41, 5.74) is 2.31. The highest BCUT2D eigenvalue weighted by Crippen LogP contribution is 2.21. The van der Waals surface area contributed by atoms with Gasteiger partial charge >= 0.3 is 5.97 Å². The average Bonchev–Trinajstić information content (AvgIpc) is 2.69. The van der Waals surface area contributed by atoms with Crippen LogP contribution < -0.4 is 9.47 Å². The number of carbonyl (C=O) groups excluding carboxylic acids is 1. The number of aryl methyl sites for hydroxylation is 1. The van der Waals surface area contributed by atoms with Crippen LogP contribution in [0.25, 0.3) is 0 Å². The van der Waals surface area contributed by atoms with Crippen molar-refractivity contribution in [3.63, 3.8) is 0 Å². The van der Waals surface area contributed by atoms with Crippen LogP contribution in [0.5, 0.6) is 11.5 Å². The van der Waals surface area contributed by atoms with Gasteiger partial charge in [0.15, 0.2) is 0 Å². The van der Waals surface area contributed by atoms with Gasteiger partial charge in [0, 0.05) is 0 Å². The summed E-state index contributed by atoms with van der Waals surface area (Å²) in [5.74, 6) is 0.886. The molecule has 0 aliphatic rings. The van der Waals surface area contributed by atoms with Crippen LogP contribution in [0, 0.1) is 6.92 Å². The van der Waals surface area contributed by atoms with Crippen molar-refractivity contribution in [3.8, 4) is 11.5 Å². The maximum absolute atomic E-state index is 12.1. The summed E-state index contributed by atoms with van der Waals surface area (Å²) in [4.78, 5) is 12.1. The van der Waals surface area contributed by atoms with Crippen LogP contribution in [0.1, 0.15) is 49.2 Å². The summed E-state index contributed by atoms with van der Waals surface area (Å²) in [5, 5.41) is 0. The monoisotopic (exact) mass is 346 g/mol. The topological polar surface area (TPSA) is 44.8 Å². The van der Waals surface area contributed by atoms with E-state index < -0.39 is 5.97 Å². The second-order valence-corrected chi connectivity index (χ2v) is 4.63. The molecule has 4 nitrogen and oxygen atoms in total. The van der Waals surface area contributed by atoms with Gasteiger partial charge in [-0.15, -0.1) is 0 Å². The van der Waals surface area contributed by atoms with Crippen molar-refractivity contribution < 1.29 is 19.0 Å². The van der Waals surface area contributed by atoms with Crippen LogP contribution in [0.15, 0.2) is 42.5 Å². The van der Waals surface area contributed by atoms with Crippen molar-refractivity contribution in [2.24, 2.45) is 0 Å². The highest BCUT2D eigenvalue weighted by atomic mass is 16.5. The molecule has 0 atom stereocenters. The first-order valence-corrected chi connectivity index (χ1v) is 8.58. The molecule has 0 bridgehead atoms. The van der Waals surface area contributed by atoms with Crippen LogP contribution in [-0.2, 0) is 11.3 Å². The second-order valence-electron chi connectivity index (χ2n) is 4.63. The Morgan fingerprint density at radius 3 is 2.00 bits per heavy atom. The maximum atomic E-state index is 12.1. The zero-order valence-corrected chi connectivity index (χ0v) is 16.4. The van der Waals surface area contributed by atoms with Crippen LogP contribution in [0.2, 0.25) is 0 Å². The largest absolute Gasteiger partial charge is 0.497 e. The van der Waals surface area contributed by atoms with Crippen molar-refractivity contribution in [2.75, 3.05) is 14.2 Å². The van der Waals surface area contributed by atoms with E-state index in [2.05, 4.69) is 0 Å². The van der Waals surface area contributed by atoms with Crippen LogP contribution in [-0.4, -0.2) is 20.2 Å². The molecule has 2 rings (SSSR count). The minimum atomic E-state index is -0.397. The van der Waals surface area contributed by atoms with Crippen LogP contribution in [0.3, 0.4) is 0 Å². The molecule has 0 heterocycles. The molecule has 0 radical (unpaired) electrons. The van der Waals surface area contributed by atoms with E-state index in [4.69, 9.17) is 14.2 Å². The zero-order valence-electron chi connectivity index (χ0n) is 16.4. The molecular formula is C21H30O4. The third-order valence-electron chi connectivity index (χ3n) is 3.10. The van der Waals surface area contributed by atoms with E-state index in [0.717, 1.165) is 16.9 Å². The molecule has 0 spiro atoms. The first-order valence-electron chi connectivity index (χ1n) is 8.58. The predicted molar refractivity (Wildman–Crippen MR) is 103 cm³/mol. The summed E-state index contributed by atoms with van der Waals surface area (Å²) in [7, 11) is 3.14. The highest BCUT2D eigenvalue weighted by molar-refractivity contribution is 5.92. The number of methoxy groups -OCH3 is 2. The third-order valence-corrected chi connectivity index (χ3v) is 3.10. The fraction of sp³-hybridized carbons (Fsp3) is 0.381. The van der Waals surface area contributed by atoms with Crippen molar-refractivity contribution in [2.45, 2.75) is 41.2 Å². The summed E-state index contributed by atoms with van der Waals surface area (Å²) in [6.07, 6.45) is 0. The van der Waals surface area contributed by atoms with E-state index in [0.29, 0.717) is 11.3 Å². The minimum Gasteiger partial charge on any atom is -0.497 e. The second kappa shape index (κ2) is 12.9. The number of esters is 1. The zero-order chi connectivity index (χ0) is 19.2. The molecule has 0 saturated carbocycles. The Morgan fingerprint density at radius 1 is 0.880 bits per heavy atom. The summed E-state index contributed by atoms with van der Waals surface area (Å²) in [6.45, 7) is 10.1. The van der Waals surface area contributed by atoms with E-state index in [1.807, 2.05) is 65.0 Å². The Hall–Kier alpha value is -2.49. The van der Waals surface area contributed by atoms with Crippen molar-refractivity contribution in [1.82, 2.24) is 0 Å². The van der Waals surface area contributed by atoms with Crippen molar-refractivity contribution in [1.29, 1.82) is 0 Å². The quantitative estimate of drug-likeness (QED) is 0.678. The van der Waals surface area contributed by atoms with Gasteiger partial charge in [0.1, 0.15) is 23.7 Å². The lowest BCUT2D eigenvalue weighted by Crippen LogP contribution is -2.07. The lowest BCUT2D eigenvalue weighted by Gasteiger charge is -2.10. The molecule has 0 saturated heterocycles. The average molecular weight is 346 g/mol. The molecule has 0 aliphatic carbocycles. The number of benzene rings is 2. The molecule has 0 N–H and O–H groups in total. The van der Waals surface area contributed by atoms with Gasteiger partial charge in [-0.3, -0.25) is 0 Å². The number of carbonyl (C=O) groups is 1. The molecule has 0 unspecified atom stereocenters. The van der Waals surface area contributed by atoms with E-state index >= 15 is 0 Å². The number of ether oxygens (including phenoxy) is 3. The smallest absolute Gasteiger partial charge is 0.342 e. The highest BCUT2D eigenvalue weighted by Gasteiger charge is 2.14. The summed E-state index contributed by atoms with van der Waals surface area (Å²) >= 11 is 0. The van der Waals surface area contributed by atoms with E-state index in [9.17, 15) is 4.79 Å². The van der Waals surface area contributed by atoms with Gasteiger partial charge in [0.2, 0.25) is 0 Å². The molecule has 0 amide bonds. The van der Waals surface area contributed by atoms with E-state index in [-0.39, 0.29) is 6.61 Å². The normalized spacial score (nSPS) is 8.92. The van der Waals surface area contributed by atoms with E-state index in [1.54, 1.807) is 19.2 Å². The molecule has 0 aromatic heterocycles. The number of rotatable bonds is 5.